The number of rotatable bonds is 13. The van der Waals surface area contributed by atoms with Crippen molar-refractivity contribution < 1.29 is 32.7 Å². The van der Waals surface area contributed by atoms with Gasteiger partial charge in [-0.1, -0.05) is 18.2 Å². The van der Waals surface area contributed by atoms with E-state index in [1.54, 1.807) is 29.9 Å². The largest absolute Gasteiger partial charge is 0.461 e. The highest BCUT2D eigenvalue weighted by Gasteiger charge is 2.37. The summed E-state index contributed by atoms with van der Waals surface area (Å²) in [5.74, 6) is -2.06. The molecule has 11 nitrogen and oxygen atoms in total. The number of anilines is 1. The molecule has 2 aromatic heterocycles. The van der Waals surface area contributed by atoms with Gasteiger partial charge in [0.05, 0.1) is 24.0 Å². The summed E-state index contributed by atoms with van der Waals surface area (Å²) in [5.41, 5.74) is 3.68. The maximum Gasteiger partial charge on any atom is 0.302 e. The first-order chi connectivity index (χ1) is 20.7. The van der Waals surface area contributed by atoms with Crippen LogP contribution in [0, 0.1) is 18.7 Å². The van der Waals surface area contributed by atoms with Gasteiger partial charge >= 0.3 is 5.97 Å². The van der Waals surface area contributed by atoms with E-state index in [0.29, 0.717) is 48.8 Å². The number of allylic oxidation sites excluding steroid dienone is 2. The molecule has 0 spiro atoms. The number of amides is 1. The Hall–Kier alpha value is -4.46. The molecular formula is C30H34F2N6O5. The molecule has 228 valence electrons. The third-order valence-corrected chi connectivity index (χ3v) is 6.65. The molecule has 0 aliphatic carbocycles. The van der Waals surface area contributed by atoms with E-state index in [9.17, 15) is 18.4 Å². The Kier molecular flexibility index (Phi) is 10.7. The van der Waals surface area contributed by atoms with Crippen LogP contribution in [0.25, 0.3) is 11.3 Å². The molecule has 1 aromatic carbocycles. The first-order valence-electron chi connectivity index (χ1n) is 13.6. The summed E-state index contributed by atoms with van der Waals surface area (Å²) >= 11 is 0. The molecule has 1 amide bonds. The SMILES string of the molecule is COCCN1CC(Nc2c(C)c(C(/C=C(\C)COC(C)=O)=C/NC=O)nn2-c2ccccc2)[C@H](c2cnc(F)c(F)c2)O1. The summed E-state index contributed by atoms with van der Waals surface area (Å²) in [6.45, 7) is 6.30. The molecule has 2 atom stereocenters. The number of hydroxylamine groups is 2. The van der Waals surface area contributed by atoms with Crippen molar-refractivity contribution in [3.8, 4) is 5.69 Å². The minimum atomic E-state index is -1.19. The molecule has 0 bridgehead atoms. The zero-order valence-corrected chi connectivity index (χ0v) is 24.3. The van der Waals surface area contributed by atoms with Crippen molar-refractivity contribution in [2.75, 3.05) is 38.7 Å². The van der Waals surface area contributed by atoms with Gasteiger partial charge in [-0.3, -0.25) is 14.4 Å². The van der Waals surface area contributed by atoms with Crippen LogP contribution < -0.4 is 10.6 Å². The Bertz CT molecular complexity index is 1490. The number of benzene rings is 1. The molecular weight excluding hydrogens is 562 g/mol. The van der Waals surface area contributed by atoms with Gasteiger partial charge in [-0.25, -0.2) is 14.1 Å². The third kappa shape index (κ3) is 7.89. The lowest BCUT2D eigenvalue weighted by Crippen LogP contribution is -2.30. The molecule has 1 aliphatic heterocycles. The highest BCUT2D eigenvalue weighted by atomic mass is 19.2. The molecule has 3 heterocycles. The number of para-hydroxylation sites is 1. The minimum Gasteiger partial charge on any atom is -0.461 e. The van der Waals surface area contributed by atoms with Crippen molar-refractivity contribution in [2.45, 2.75) is 32.9 Å². The molecule has 1 fully saturated rings. The van der Waals surface area contributed by atoms with Crippen molar-refractivity contribution in [1.29, 1.82) is 0 Å². The molecule has 13 heteroatoms. The van der Waals surface area contributed by atoms with E-state index in [0.717, 1.165) is 22.9 Å². The van der Waals surface area contributed by atoms with Crippen molar-refractivity contribution in [2.24, 2.45) is 0 Å². The monoisotopic (exact) mass is 596 g/mol. The molecule has 0 radical (unpaired) electrons. The van der Waals surface area contributed by atoms with Gasteiger partial charge < -0.3 is 20.1 Å². The summed E-state index contributed by atoms with van der Waals surface area (Å²) in [6, 6.07) is 10.1. The second kappa shape index (κ2) is 14.6. The Labute approximate surface area is 248 Å². The number of methoxy groups -OCH3 is 1. The lowest BCUT2D eigenvalue weighted by molar-refractivity contribution is -0.153. The highest BCUT2D eigenvalue weighted by molar-refractivity contribution is 5.78. The third-order valence-electron chi connectivity index (χ3n) is 6.65. The summed E-state index contributed by atoms with van der Waals surface area (Å²) in [7, 11) is 1.58. The topological polar surface area (TPSA) is 120 Å². The van der Waals surface area contributed by atoms with Gasteiger partial charge in [0.1, 0.15) is 18.5 Å². The van der Waals surface area contributed by atoms with Gasteiger partial charge in [-0.2, -0.15) is 14.6 Å². The number of hydrogen-bond donors (Lipinski definition) is 2. The molecule has 1 unspecified atom stereocenters. The second-order valence-electron chi connectivity index (χ2n) is 9.92. The van der Waals surface area contributed by atoms with Crippen molar-refractivity contribution in [3.05, 3.63) is 89.0 Å². The fourth-order valence-electron chi connectivity index (χ4n) is 4.63. The molecule has 2 N–H and O–H groups in total. The molecule has 1 aliphatic rings. The smallest absolute Gasteiger partial charge is 0.302 e. The van der Waals surface area contributed by atoms with E-state index in [-0.39, 0.29) is 6.61 Å². The lowest BCUT2D eigenvalue weighted by atomic mass is 10.0. The Balaban J connectivity index is 1.78. The Morgan fingerprint density at radius 1 is 1.23 bits per heavy atom. The predicted octanol–water partition coefficient (Wildman–Crippen LogP) is 3.87. The van der Waals surface area contributed by atoms with E-state index in [4.69, 9.17) is 19.4 Å². The van der Waals surface area contributed by atoms with Crippen LogP contribution in [0.1, 0.15) is 36.8 Å². The number of hydrogen-bond acceptors (Lipinski definition) is 9. The zero-order chi connectivity index (χ0) is 30.9. The van der Waals surface area contributed by atoms with Crippen LogP contribution in [0.2, 0.25) is 0 Å². The van der Waals surface area contributed by atoms with Crippen molar-refractivity contribution in [3.63, 3.8) is 0 Å². The molecule has 43 heavy (non-hydrogen) atoms. The van der Waals surface area contributed by atoms with Gasteiger partial charge in [0, 0.05) is 56.2 Å². The Morgan fingerprint density at radius 3 is 2.67 bits per heavy atom. The number of nitrogens with one attached hydrogen (secondary N) is 2. The van der Waals surface area contributed by atoms with Crippen LogP contribution in [0.15, 0.2) is 60.4 Å². The summed E-state index contributed by atoms with van der Waals surface area (Å²) in [6.07, 6.45) is 4.38. The molecule has 3 aromatic rings. The van der Waals surface area contributed by atoms with Crippen LogP contribution >= 0.6 is 0 Å². The van der Waals surface area contributed by atoms with Crippen LogP contribution in [-0.4, -0.2) is 71.7 Å². The average Bonchev–Trinajstić information content (AvgIpc) is 3.55. The number of aromatic nitrogens is 3. The van der Waals surface area contributed by atoms with E-state index in [2.05, 4.69) is 15.6 Å². The molecule has 4 rings (SSSR count). The number of esters is 1. The standard InChI is InChI=1S/C30H34F2N6O5/c1-19(17-42-21(3)40)12-22(14-33-18-39)27-20(2)30(38(36-27)24-8-6-5-7-9-24)35-26-16-37(10-11-41-4)43-28(26)23-13-25(31)29(32)34-15-23/h5-9,12-15,18,26,28,35H,10-11,16-17H2,1-4H3,(H,33,39)/b19-12+,22-14+/t26?,28-/m0/s1. The number of halogens is 2. The van der Waals surface area contributed by atoms with Crippen LogP contribution in [0.3, 0.4) is 0 Å². The van der Waals surface area contributed by atoms with Gasteiger partial charge in [-0.05, 0) is 43.7 Å². The van der Waals surface area contributed by atoms with Crippen LogP contribution in [-0.2, 0) is 23.9 Å². The number of ether oxygens (including phenoxy) is 2. The van der Waals surface area contributed by atoms with E-state index in [1.807, 2.05) is 37.3 Å². The van der Waals surface area contributed by atoms with E-state index < -0.39 is 29.9 Å². The number of pyridine rings is 1. The zero-order valence-electron chi connectivity index (χ0n) is 24.3. The van der Waals surface area contributed by atoms with Crippen LogP contribution in [0.4, 0.5) is 14.6 Å². The predicted molar refractivity (Wildman–Crippen MR) is 155 cm³/mol. The first kappa shape index (κ1) is 31.5. The van der Waals surface area contributed by atoms with Crippen molar-refractivity contribution in [1.82, 2.24) is 25.1 Å². The fraction of sp³-hybridized carbons (Fsp3) is 0.333. The van der Waals surface area contributed by atoms with Gasteiger partial charge in [0.15, 0.2) is 5.82 Å². The fourth-order valence-corrected chi connectivity index (χ4v) is 4.63. The first-order valence-corrected chi connectivity index (χ1v) is 13.6. The lowest BCUT2D eigenvalue weighted by Gasteiger charge is -2.21. The van der Waals surface area contributed by atoms with E-state index >= 15 is 0 Å². The summed E-state index contributed by atoms with van der Waals surface area (Å²) < 4.78 is 39.9. The van der Waals surface area contributed by atoms with E-state index in [1.165, 1.54) is 19.3 Å². The van der Waals surface area contributed by atoms with Gasteiger partial charge in [0.2, 0.25) is 12.4 Å². The second-order valence-corrected chi connectivity index (χ2v) is 9.92. The number of carbonyl (C=O) groups is 2. The summed E-state index contributed by atoms with van der Waals surface area (Å²) in [5, 5.41) is 12.7. The minimum absolute atomic E-state index is 0.0674. The Morgan fingerprint density at radius 2 is 2.00 bits per heavy atom. The quantitative estimate of drug-likeness (QED) is 0.131. The van der Waals surface area contributed by atoms with Gasteiger partial charge in [-0.15, -0.1) is 0 Å². The number of nitrogens with zero attached hydrogens (tertiary/aromatic N) is 4. The number of carbonyl (C=O) groups excluding carboxylic acids is 2. The normalized spacial score (nSPS) is 17.6. The van der Waals surface area contributed by atoms with Crippen LogP contribution in [0.5, 0.6) is 0 Å². The molecule has 0 saturated carbocycles. The molecule has 1 saturated heterocycles. The maximum absolute atomic E-state index is 14.2. The highest BCUT2D eigenvalue weighted by Crippen LogP contribution is 2.35. The van der Waals surface area contributed by atoms with Crippen molar-refractivity contribution >= 4 is 23.8 Å². The average molecular weight is 597 g/mol. The summed E-state index contributed by atoms with van der Waals surface area (Å²) in [4.78, 5) is 32.2. The van der Waals surface area contributed by atoms with Gasteiger partial charge in [0.25, 0.3) is 0 Å². The maximum atomic E-state index is 14.2.